The Morgan fingerprint density at radius 2 is 1.83 bits per heavy atom. The lowest BCUT2D eigenvalue weighted by molar-refractivity contribution is 0.0331. The number of thiophene rings is 1. The van der Waals surface area contributed by atoms with Crippen molar-refractivity contribution in [3.8, 4) is 11.1 Å². The highest BCUT2D eigenvalue weighted by Gasteiger charge is 2.22. The minimum absolute atomic E-state index is 0.499. The molecule has 1 saturated heterocycles. The van der Waals surface area contributed by atoms with E-state index in [1.165, 1.54) is 42.2 Å². The molecular formula is C24H30N4OS. The fourth-order valence-corrected chi connectivity index (χ4v) is 5.51. The first-order valence-electron chi connectivity index (χ1n) is 11.2. The fourth-order valence-electron chi connectivity index (χ4n) is 4.55. The van der Waals surface area contributed by atoms with Gasteiger partial charge in [-0.25, -0.2) is 9.97 Å². The maximum absolute atomic E-state index is 5.50. The van der Waals surface area contributed by atoms with Gasteiger partial charge < -0.3 is 10.1 Å². The van der Waals surface area contributed by atoms with Crippen LogP contribution in [0.15, 0.2) is 35.7 Å². The van der Waals surface area contributed by atoms with Gasteiger partial charge in [0.1, 0.15) is 16.5 Å². The number of benzene rings is 1. The molecule has 30 heavy (non-hydrogen) atoms. The smallest absolute Gasteiger partial charge is 0.146 e. The SMILES string of the molecule is CC1CCC(Nc2nc(CN3CCOCC3)nc3scc(-c4ccccc4)c23)CC1. The van der Waals surface area contributed by atoms with Crippen molar-refractivity contribution in [1.29, 1.82) is 0 Å². The standard InChI is InChI=1S/C24H30N4OS/c1-17-7-9-19(10-8-17)25-23-22-20(18-5-3-2-4-6-18)16-30-24(22)27-21(26-23)15-28-11-13-29-14-12-28/h2-6,16-17,19H,7-15H2,1H3,(H,25,26,27). The second-order valence-corrected chi connectivity index (χ2v) is 9.53. The number of aromatic nitrogens is 2. The van der Waals surface area contributed by atoms with E-state index in [1.54, 1.807) is 11.3 Å². The van der Waals surface area contributed by atoms with Crippen molar-refractivity contribution in [3.05, 3.63) is 41.5 Å². The number of nitrogens with one attached hydrogen (secondary N) is 1. The molecule has 0 radical (unpaired) electrons. The highest BCUT2D eigenvalue weighted by atomic mass is 32.1. The van der Waals surface area contributed by atoms with Crippen LogP contribution in [0.2, 0.25) is 0 Å². The van der Waals surface area contributed by atoms with E-state index in [4.69, 9.17) is 14.7 Å². The second-order valence-electron chi connectivity index (χ2n) is 8.67. The van der Waals surface area contributed by atoms with Crippen LogP contribution >= 0.6 is 11.3 Å². The minimum atomic E-state index is 0.499. The lowest BCUT2D eigenvalue weighted by atomic mass is 9.87. The average Bonchev–Trinajstić information content (AvgIpc) is 3.21. The van der Waals surface area contributed by atoms with Gasteiger partial charge in [-0.05, 0) is 37.2 Å². The van der Waals surface area contributed by atoms with E-state index in [0.29, 0.717) is 6.04 Å². The predicted molar refractivity (Wildman–Crippen MR) is 124 cm³/mol. The number of hydrogen-bond acceptors (Lipinski definition) is 6. The van der Waals surface area contributed by atoms with Gasteiger partial charge in [-0.2, -0.15) is 0 Å². The van der Waals surface area contributed by atoms with E-state index in [0.717, 1.165) is 55.2 Å². The van der Waals surface area contributed by atoms with Gasteiger partial charge in [0, 0.05) is 30.1 Å². The number of hydrogen-bond donors (Lipinski definition) is 1. The maximum atomic E-state index is 5.50. The van der Waals surface area contributed by atoms with Crippen LogP contribution in [0.1, 0.15) is 38.4 Å². The second kappa shape index (κ2) is 9.00. The summed E-state index contributed by atoms with van der Waals surface area (Å²) in [4.78, 5) is 13.5. The number of nitrogens with zero attached hydrogens (tertiary/aromatic N) is 3. The summed E-state index contributed by atoms with van der Waals surface area (Å²) >= 11 is 1.73. The van der Waals surface area contributed by atoms with Crippen LogP contribution in [0.3, 0.4) is 0 Å². The van der Waals surface area contributed by atoms with Gasteiger partial charge in [0.05, 0.1) is 25.1 Å². The summed E-state index contributed by atoms with van der Waals surface area (Å²) in [6.07, 6.45) is 5.02. The van der Waals surface area contributed by atoms with Gasteiger partial charge in [0.25, 0.3) is 0 Å². The number of fused-ring (bicyclic) bond motifs is 1. The van der Waals surface area contributed by atoms with Crippen molar-refractivity contribution in [2.75, 3.05) is 31.6 Å². The average molecular weight is 423 g/mol. The molecule has 158 valence electrons. The quantitative estimate of drug-likeness (QED) is 0.614. The van der Waals surface area contributed by atoms with Crippen LogP contribution in [0.25, 0.3) is 21.3 Å². The lowest BCUT2D eigenvalue weighted by Gasteiger charge is -2.28. The maximum Gasteiger partial charge on any atom is 0.146 e. The molecule has 1 aliphatic carbocycles. The molecule has 5 nitrogen and oxygen atoms in total. The third-order valence-corrected chi connectivity index (χ3v) is 7.26. The molecule has 2 fully saturated rings. The van der Waals surface area contributed by atoms with Gasteiger partial charge in [0.15, 0.2) is 0 Å². The van der Waals surface area contributed by atoms with Crippen molar-refractivity contribution in [2.45, 2.75) is 45.2 Å². The van der Waals surface area contributed by atoms with Crippen molar-refractivity contribution >= 4 is 27.4 Å². The van der Waals surface area contributed by atoms with Crippen LogP contribution in [-0.4, -0.2) is 47.2 Å². The molecule has 2 aliphatic rings. The van der Waals surface area contributed by atoms with Crippen molar-refractivity contribution in [3.63, 3.8) is 0 Å². The normalized spacial score (nSPS) is 23.0. The Morgan fingerprint density at radius 1 is 1.07 bits per heavy atom. The largest absolute Gasteiger partial charge is 0.379 e. The van der Waals surface area contributed by atoms with Crippen molar-refractivity contribution in [1.82, 2.24) is 14.9 Å². The third kappa shape index (κ3) is 4.36. The molecule has 1 N–H and O–H groups in total. The monoisotopic (exact) mass is 422 g/mol. The zero-order chi connectivity index (χ0) is 20.3. The van der Waals surface area contributed by atoms with Gasteiger partial charge in [-0.3, -0.25) is 4.90 Å². The van der Waals surface area contributed by atoms with Gasteiger partial charge in [-0.1, -0.05) is 37.3 Å². The lowest BCUT2D eigenvalue weighted by Crippen LogP contribution is -2.36. The number of morpholine rings is 1. The molecular weight excluding hydrogens is 392 g/mol. The Kier molecular flexibility index (Phi) is 5.97. The first kappa shape index (κ1) is 19.9. The molecule has 2 aromatic heterocycles. The first-order valence-corrected chi connectivity index (χ1v) is 12.0. The van der Waals surface area contributed by atoms with E-state index in [9.17, 15) is 0 Å². The molecule has 0 bridgehead atoms. The number of anilines is 1. The molecule has 0 spiro atoms. The highest BCUT2D eigenvalue weighted by Crippen LogP contribution is 2.38. The Hall–Kier alpha value is -2.02. The molecule has 0 amide bonds. The topological polar surface area (TPSA) is 50.3 Å². The molecule has 5 rings (SSSR count). The molecule has 3 heterocycles. The predicted octanol–water partition coefficient (Wildman–Crippen LogP) is 5.18. The number of rotatable bonds is 5. The van der Waals surface area contributed by atoms with Crippen LogP contribution in [0.4, 0.5) is 5.82 Å². The molecule has 0 unspecified atom stereocenters. The summed E-state index contributed by atoms with van der Waals surface area (Å²) in [5.74, 6) is 2.77. The Bertz CT molecular complexity index is 976. The van der Waals surface area contributed by atoms with E-state index in [2.05, 4.69) is 52.9 Å². The molecule has 3 aromatic rings. The highest BCUT2D eigenvalue weighted by molar-refractivity contribution is 7.17. The summed E-state index contributed by atoms with van der Waals surface area (Å²) < 4.78 is 5.50. The summed E-state index contributed by atoms with van der Waals surface area (Å²) in [7, 11) is 0. The van der Waals surface area contributed by atoms with Crippen molar-refractivity contribution in [2.24, 2.45) is 5.92 Å². The zero-order valence-corrected chi connectivity index (χ0v) is 18.5. The zero-order valence-electron chi connectivity index (χ0n) is 17.6. The van der Waals surface area contributed by atoms with E-state index >= 15 is 0 Å². The van der Waals surface area contributed by atoms with Crippen molar-refractivity contribution < 1.29 is 4.74 Å². The molecule has 0 atom stereocenters. The Morgan fingerprint density at radius 3 is 2.60 bits per heavy atom. The molecule has 1 aliphatic heterocycles. The van der Waals surface area contributed by atoms with E-state index in [-0.39, 0.29) is 0 Å². The van der Waals surface area contributed by atoms with Crippen LogP contribution < -0.4 is 5.32 Å². The summed E-state index contributed by atoms with van der Waals surface area (Å²) in [5, 5.41) is 7.24. The number of ether oxygens (including phenoxy) is 1. The van der Waals surface area contributed by atoms with E-state index in [1.807, 2.05) is 0 Å². The van der Waals surface area contributed by atoms with Gasteiger partial charge in [-0.15, -0.1) is 11.3 Å². The van der Waals surface area contributed by atoms with E-state index < -0.39 is 0 Å². The molecule has 6 heteroatoms. The molecule has 1 aromatic carbocycles. The van der Waals surface area contributed by atoms with Crippen LogP contribution in [0.5, 0.6) is 0 Å². The molecule has 1 saturated carbocycles. The fraction of sp³-hybridized carbons (Fsp3) is 0.500. The summed E-state index contributed by atoms with van der Waals surface area (Å²) in [5.41, 5.74) is 2.47. The summed E-state index contributed by atoms with van der Waals surface area (Å²) in [6.45, 7) is 6.64. The first-order chi connectivity index (χ1) is 14.8. The Balaban J connectivity index is 1.51. The van der Waals surface area contributed by atoms with Crippen LogP contribution in [-0.2, 0) is 11.3 Å². The summed E-state index contributed by atoms with van der Waals surface area (Å²) in [6, 6.07) is 11.1. The van der Waals surface area contributed by atoms with Gasteiger partial charge >= 0.3 is 0 Å². The minimum Gasteiger partial charge on any atom is -0.379 e. The van der Waals surface area contributed by atoms with Crippen LogP contribution in [0, 0.1) is 5.92 Å². The third-order valence-electron chi connectivity index (χ3n) is 6.39. The Labute approximate surface area is 182 Å². The van der Waals surface area contributed by atoms with Gasteiger partial charge in [0.2, 0.25) is 0 Å².